The van der Waals surface area contributed by atoms with Crippen LogP contribution in [0.15, 0.2) is 11.4 Å². The SMILES string of the molecule is CC1(C)C2CNCC2CN1C(=O)c1csc([N+](=O)[O-])c1. The highest BCUT2D eigenvalue weighted by atomic mass is 32.1. The minimum absolute atomic E-state index is 0.0206. The first kappa shape index (κ1) is 13.5. The number of fused-ring (bicyclic) bond motifs is 1. The van der Waals surface area contributed by atoms with Crippen molar-refractivity contribution in [3.8, 4) is 0 Å². The zero-order valence-electron chi connectivity index (χ0n) is 11.5. The van der Waals surface area contributed by atoms with E-state index in [-0.39, 0.29) is 16.4 Å². The van der Waals surface area contributed by atoms with Crippen molar-refractivity contribution in [1.29, 1.82) is 0 Å². The van der Waals surface area contributed by atoms with Gasteiger partial charge in [0.25, 0.3) is 5.91 Å². The Hall–Kier alpha value is -1.47. The van der Waals surface area contributed by atoms with E-state index in [1.54, 1.807) is 5.38 Å². The van der Waals surface area contributed by atoms with Crippen LogP contribution in [-0.4, -0.2) is 40.9 Å². The molecule has 2 aliphatic rings. The second-order valence-corrected chi connectivity index (χ2v) is 6.91. The van der Waals surface area contributed by atoms with Crippen LogP contribution in [-0.2, 0) is 0 Å². The van der Waals surface area contributed by atoms with Crippen molar-refractivity contribution in [3.63, 3.8) is 0 Å². The molecular formula is C13H17N3O3S. The quantitative estimate of drug-likeness (QED) is 0.666. The number of amides is 1. The fourth-order valence-electron chi connectivity index (χ4n) is 3.45. The summed E-state index contributed by atoms with van der Waals surface area (Å²) < 4.78 is 0. The molecule has 1 N–H and O–H groups in total. The lowest BCUT2D eigenvalue weighted by atomic mass is 9.85. The van der Waals surface area contributed by atoms with Gasteiger partial charge in [-0.25, -0.2) is 0 Å². The van der Waals surface area contributed by atoms with Crippen molar-refractivity contribution in [2.75, 3.05) is 19.6 Å². The van der Waals surface area contributed by atoms with E-state index < -0.39 is 4.92 Å². The van der Waals surface area contributed by atoms with E-state index in [0.29, 0.717) is 17.4 Å². The summed E-state index contributed by atoms with van der Waals surface area (Å²) >= 11 is 1.01. The number of nitro groups is 1. The largest absolute Gasteiger partial charge is 0.333 e. The van der Waals surface area contributed by atoms with Crippen molar-refractivity contribution in [2.45, 2.75) is 19.4 Å². The van der Waals surface area contributed by atoms with Crippen LogP contribution in [0, 0.1) is 22.0 Å². The van der Waals surface area contributed by atoms with E-state index in [9.17, 15) is 14.9 Å². The monoisotopic (exact) mass is 295 g/mol. The van der Waals surface area contributed by atoms with Gasteiger partial charge in [0, 0.05) is 36.6 Å². The zero-order chi connectivity index (χ0) is 14.5. The minimum Gasteiger partial charge on any atom is -0.333 e. The fourth-order valence-corrected chi connectivity index (χ4v) is 4.15. The van der Waals surface area contributed by atoms with Crippen LogP contribution in [0.25, 0.3) is 0 Å². The Bertz CT molecular complexity index is 569. The predicted molar refractivity (Wildman–Crippen MR) is 75.9 cm³/mol. The third kappa shape index (κ3) is 1.92. The molecule has 7 heteroatoms. The summed E-state index contributed by atoms with van der Waals surface area (Å²) in [6.07, 6.45) is 0. The average molecular weight is 295 g/mol. The summed E-state index contributed by atoms with van der Waals surface area (Å²) in [4.78, 5) is 24.8. The predicted octanol–water partition coefficient (Wildman–Crippen LogP) is 1.73. The Morgan fingerprint density at radius 2 is 2.30 bits per heavy atom. The number of carbonyl (C=O) groups excluding carboxylic acids is 1. The standard InChI is InChI=1S/C13H17N3O3S/c1-13(2)10-5-14-4-9(10)6-15(13)12(17)8-3-11(16(18)19)20-7-8/h3,7,9-10,14H,4-6H2,1-2H3. The van der Waals surface area contributed by atoms with E-state index >= 15 is 0 Å². The summed E-state index contributed by atoms with van der Waals surface area (Å²) in [6, 6.07) is 1.38. The van der Waals surface area contributed by atoms with Crippen molar-refractivity contribution in [1.82, 2.24) is 10.2 Å². The first-order chi connectivity index (χ1) is 9.41. The van der Waals surface area contributed by atoms with E-state index in [1.165, 1.54) is 6.07 Å². The number of likely N-dealkylation sites (tertiary alicyclic amines) is 1. The van der Waals surface area contributed by atoms with Crippen molar-refractivity contribution >= 4 is 22.2 Å². The molecule has 0 aliphatic carbocycles. The maximum absolute atomic E-state index is 12.6. The summed E-state index contributed by atoms with van der Waals surface area (Å²) in [7, 11) is 0. The second-order valence-electron chi connectivity index (χ2n) is 6.02. The van der Waals surface area contributed by atoms with Gasteiger partial charge in [0.05, 0.1) is 10.5 Å². The van der Waals surface area contributed by atoms with Gasteiger partial charge in [-0.05, 0) is 25.7 Å². The molecule has 20 heavy (non-hydrogen) atoms. The number of carbonyl (C=O) groups is 1. The molecular weight excluding hydrogens is 278 g/mol. The zero-order valence-corrected chi connectivity index (χ0v) is 12.3. The Balaban J connectivity index is 1.85. The third-order valence-electron chi connectivity index (χ3n) is 4.62. The molecule has 2 fully saturated rings. The van der Waals surface area contributed by atoms with Crippen molar-refractivity contribution < 1.29 is 9.72 Å². The molecule has 0 saturated carbocycles. The third-order valence-corrected chi connectivity index (χ3v) is 5.50. The van der Waals surface area contributed by atoms with Gasteiger partial charge in [0.2, 0.25) is 0 Å². The summed E-state index contributed by atoms with van der Waals surface area (Å²) in [5, 5.41) is 15.7. The molecule has 2 saturated heterocycles. The van der Waals surface area contributed by atoms with Crippen molar-refractivity contribution in [3.05, 3.63) is 27.1 Å². The number of hydrogen-bond acceptors (Lipinski definition) is 5. The van der Waals surface area contributed by atoms with Gasteiger partial charge in [-0.1, -0.05) is 11.3 Å². The molecule has 1 amide bonds. The summed E-state index contributed by atoms with van der Waals surface area (Å²) in [5.41, 5.74) is 0.227. The van der Waals surface area contributed by atoms with Crippen LogP contribution in [0.5, 0.6) is 0 Å². The molecule has 2 aliphatic heterocycles. The maximum Gasteiger partial charge on any atom is 0.324 e. The van der Waals surface area contributed by atoms with Crippen LogP contribution in [0.1, 0.15) is 24.2 Å². The highest BCUT2D eigenvalue weighted by Crippen LogP contribution is 2.41. The molecule has 1 aromatic heterocycles. The summed E-state index contributed by atoms with van der Waals surface area (Å²) in [6.45, 7) is 6.78. The smallest absolute Gasteiger partial charge is 0.324 e. The minimum atomic E-state index is -0.449. The highest BCUT2D eigenvalue weighted by molar-refractivity contribution is 7.13. The number of rotatable bonds is 2. The molecule has 2 atom stereocenters. The first-order valence-corrected chi connectivity index (χ1v) is 7.55. The molecule has 3 heterocycles. The Morgan fingerprint density at radius 3 is 2.90 bits per heavy atom. The maximum atomic E-state index is 12.6. The Kier molecular flexibility index (Phi) is 3.06. The van der Waals surface area contributed by atoms with Gasteiger partial charge in [0.15, 0.2) is 0 Å². The molecule has 0 bridgehead atoms. The molecule has 0 radical (unpaired) electrons. The van der Waals surface area contributed by atoms with Gasteiger partial charge in [-0.2, -0.15) is 0 Å². The van der Waals surface area contributed by atoms with E-state index in [1.807, 2.05) is 4.90 Å². The van der Waals surface area contributed by atoms with Crippen LogP contribution < -0.4 is 5.32 Å². The summed E-state index contributed by atoms with van der Waals surface area (Å²) in [5.74, 6) is 0.858. The molecule has 108 valence electrons. The lowest BCUT2D eigenvalue weighted by Crippen LogP contribution is -2.47. The molecule has 0 aromatic carbocycles. The molecule has 1 aromatic rings. The Labute approximate surface area is 120 Å². The number of nitrogens with zero attached hydrogens (tertiary/aromatic N) is 2. The second kappa shape index (κ2) is 4.53. The van der Waals surface area contributed by atoms with Crippen molar-refractivity contribution in [2.24, 2.45) is 11.8 Å². The van der Waals surface area contributed by atoms with Crippen LogP contribution in [0.4, 0.5) is 5.00 Å². The Morgan fingerprint density at radius 1 is 1.55 bits per heavy atom. The number of hydrogen-bond donors (Lipinski definition) is 1. The van der Waals surface area contributed by atoms with Gasteiger partial charge < -0.3 is 10.2 Å². The van der Waals surface area contributed by atoms with Gasteiger partial charge >= 0.3 is 5.00 Å². The van der Waals surface area contributed by atoms with Crippen LogP contribution >= 0.6 is 11.3 Å². The lowest BCUT2D eigenvalue weighted by Gasteiger charge is -2.35. The molecule has 2 unspecified atom stereocenters. The van der Waals surface area contributed by atoms with Gasteiger partial charge in [-0.3, -0.25) is 14.9 Å². The molecule has 6 nitrogen and oxygen atoms in total. The van der Waals surface area contributed by atoms with Gasteiger partial charge in [0.1, 0.15) is 0 Å². The lowest BCUT2D eigenvalue weighted by molar-refractivity contribution is -0.380. The highest BCUT2D eigenvalue weighted by Gasteiger charge is 2.51. The number of thiophene rings is 1. The average Bonchev–Trinajstić information content (AvgIpc) is 3.06. The normalized spacial score (nSPS) is 27.6. The topological polar surface area (TPSA) is 75.5 Å². The van der Waals surface area contributed by atoms with Crippen LogP contribution in [0.3, 0.4) is 0 Å². The van der Waals surface area contributed by atoms with Gasteiger partial charge in [-0.15, -0.1) is 0 Å². The van der Waals surface area contributed by atoms with E-state index in [2.05, 4.69) is 19.2 Å². The van der Waals surface area contributed by atoms with E-state index in [4.69, 9.17) is 0 Å². The molecule has 3 rings (SSSR count). The fraction of sp³-hybridized carbons (Fsp3) is 0.615. The van der Waals surface area contributed by atoms with E-state index in [0.717, 1.165) is 31.0 Å². The van der Waals surface area contributed by atoms with Crippen LogP contribution in [0.2, 0.25) is 0 Å². The molecule has 0 spiro atoms. The first-order valence-electron chi connectivity index (χ1n) is 6.67. The number of nitrogens with one attached hydrogen (secondary N) is 1.